The van der Waals surface area contributed by atoms with Crippen molar-refractivity contribution in [2.24, 2.45) is 0 Å². The molecule has 0 unspecified atom stereocenters. The van der Waals surface area contributed by atoms with E-state index in [0.717, 1.165) is 29.3 Å². The number of hydrogen-bond acceptors (Lipinski definition) is 4. The maximum atomic E-state index is 12.5. The van der Waals surface area contributed by atoms with E-state index in [1.807, 2.05) is 26.8 Å². The van der Waals surface area contributed by atoms with Gasteiger partial charge in [0.1, 0.15) is 0 Å². The molecule has 1 N–H and O–H groups in total. The molecule has 110 valence electrons. The quantitative estimate of drug-likeness (QED) is 0.751. The van der Waals surface area contributed by atoms with Crippen LogP contribution in [0.3, 0.4) is 0 Å². The first-order chi connectivity index (χ1) is 8.97. The average Bonchev–Trinajstić information content (AvgIpc) is 2.73. The molecule has 19 heavy (non-hydrogen) atoms. The molecule has 1 heterocycles. The van der Waals surface area contributed by atoms with Crippen LogP contribution >= 0.6 is 11.3 Å². The minimum Gasteiger partial charge on any atom is -0.312 e. The molecule has 0 fully saturated rings. The van der Waals surface area contributed by atoms with Crippen LogP contribution in [0.25, 0.3) is 0 Å². The summed E-state index contributed by atoms with van der Waals surface area (Å²) in [7, 11) is -3.33. The summed E-state index contributed by atoms with van der Waals surface area (Å²) in [6, 6.07) is 1.82. The summed E-state index contributed by atoms with van der Waals surface area (Å²) in [4.78, 5) is 2.42. The van der Waals surface area contributed by atoms with Crippen molar-refractivity contribution in [2.45, 2.75) is 45.6 Å². The highest BCUT2D eigenvalue weighted by molar-refractivity contribution is 7.89. The van der Waals surface area contributed by atoms with Crippen molar-refractivity contribution in [1.29, 1.82) is 0 Å². The fourth-order valence-electron chi connectivity index (χ4n) is 1.96. The van der Waals surface area contributed by atoms with Crippen LogP contribution in [0.15, 0.2) is 11.0 Å². The van der Waals surface area contributed by atoms with E-state index in [0.29, 0.717) is 18.0 Å². The maximum Gasteiger partial charge on any atom is 0.244 e. The molecule has 1 aromatic heterocycles. The number of hydrogen-bond donors (Lipinski definition) is 1. The molecule has 0 bridgehead atoms. The zero-order valence-corrected chi connectivity index (χ0v) is 13.8. The summed E-state index contributed by atoms with van der Waals surface area (Å²) in [5.41, 5.74) is 0. The Kier molecular flexibility index (Phi) is 6.46. The van der Waals surface area contributed by atoms with Crippen LogP contribution < -0.4 is 5.32 Å². The van der Waals surface area contributed by atoms with Crippen molar-refractivity contribution < 1.29 is 8.42 Å². The van der Waals surface area contributed by atoms with Gasteiger partial charge < -0.3 is 5.32 Å². The van der Waals surface area contributed by atoms with E-state index in [2.05, 4.69) is 12.2 Å². The maximum absolute atomic E-state index is 12.5. The second-order valence-corrected chi connectivity index (χ2v) is 7.65. The highest BCUT2D eigenvalue weighted by Crippen LogP contribution is 2.28. The van der Waals surface area contributed by atoms with Crippen LogP contribution in [0.5, 0.6) is 0 Å². The van der Waals surface area contributed by atoms with Gasteiger partial charge in [-0.15, -0.1) is 11.3 Å². The Balaban J connectivity index is 2.95. The van der Waals surface area contributed by atoms with E-state index in [1.165, 1.54) is 4.31 Å². The molecule has 6 heteroatoms. The molecule has 0 spiro atoms. The lowest BCUT2D eigenvalue weighted by molar-refractivity contribution is 0.445. The second kappa shape index (κ2) is 7.38. The predicted molar refractivity (Wildman–Crippen MR) is 81.2 cm³/mol. The molecule has 0 saturated heterocycles. The number of rotatable bonds is 8. The average molecular weight is 304 g/mol. The van der Waals surface area contributed by atoms with Gasteiger partial charge in [-0.2, -0.15) is 4.31 Å². The third-order valence-electron chi connectivity index (χ3n) is 2.97. The van der Waals surface area contributed by atoms with Crippen LogP contribution in [-0.2, 0) is 16.6 Å². The van der Waals surface area contributed by atoms with E-state index in [9.17, 15) is 8.42 Å². The van der Waals surface area contributed by atoms with Crippen molar-refractivity contribution in [3.8, 4) is 0 Å². The van der Waals surface area contributed by atoms with Crippen molar-refractivity contribution >= 4 is 21.4 Å². The lowest BCUT2D eigenvalue weighted by Crippen LogP contribution is -2.30. The zero-order chi connectivity index (χ0) is 14.5. The molecular formula is C13H24N2O2S2. The fraction of sp³-hybridized carbons (Fsp3) is 0.692. The molecule has 0 aliphatic rings. The van der Waals surface area contributed by atoms with Crippen molar-refractivity contribution in [1.82, 2.24) is 9.62 Å². The summed E-state index contributed by atoms with van der Waals surface area (Å²) in [5, 5.41) is 3.30. The van der Waals surface area contributed by atoms with Crippen LogP contribution in [0, 0.1) is 6.92 Å². The van der Waals surface area contributed by atoms with Gasteiger partial charge in [-0.1, -0.05) is 20.8 Å². The minimum atomic E-state index is -3.33. The molecule has 0 aliphatic heterocycles. The van der Waals surface area contributed by atoms with Crippen LogP contribution in [0.4, 0.5) is 0 Å². The Labute approximate surface area is 120 Å². The monoisotopic (exact) mass is 304 g/mol. The largest absolute Gasteiger partial charge is 0.312 e. The highest BCUT2D eigenvalue weighted by Gasteiger charge is 2.25. The van der Waals surface area contributed by atoms with Crippen LogP contribution in [0.1, 0.15) is 36.9 Å². The molecule has 0 saturated carbocycles. The molecule has 4 nitrogen and oxygen atoms in total. The van der Waals surface area contributed by atoms with Gasteiger partial charge in [0.25, 0.3) is 0 Å². The van der Waals surface area contributed by atoms with Gasteiger partial charge >= 0.3 is 0 Å². The van der Waals surface area contributed by atoms with E-state index >= 15 is 0 Å². The summed E-state index contributed by atoms with van der Waals surface area (Å²) in [5.74, 6) is 0. The summed E-state index contributed by atoms with van der Waals surface area (Å²) >= 11 is 1.56. The number of sulfonamides is 1. The first-order valence-electron chi connectivity index (χ1n) is 6.77. The van der Waals surface area contributed by atoms with Gasteiger partial charge in [0.05, 0.1) is 4.90 Å². The van der Waals surface area contributed by atoms with E-state index in [4.69, 9.17) is 0 Å². The third kappa shape index (κ3) is 4.02. The van der Waals surface area contributed by atoms with E-state index < -0.39 is 10.0 Å². The summed E-state index contributed by atoms with van der Waals surface area (Å²) < 4.78 is 26.4. The number of thiophene rings is 1. The zero-order valence-electron chi connectivity index (χ0n) is 12.2. The highest BCUT2D eigenvalue weighted by atomic mass is 32.2. The van der Waals surface area contributed by atoms with Crippen LogP contribution in [0.2, 0.25) is 0 Å². The minimum absolute atomic E-state index is 0.467. The smallest absolute Gasteiger partial charge is 0.244 e. The molecule has 0 amide bonds. The molecular weight excluding hydrogens is 280 g/mol. The Hall–Kier alpha value is -0.430. The van der Waals surface area contributed by atoms with E-state index in [-0.39, 0.29) is 0 Å². The number of nitrogens with one attached hydrogen (secondary N) is 1. The Morgan fingerprint density at radius 3 is 2.42 bits per heavy atom. The number of nitrogens with zero attached hydrogens (tertiary/aromatic N) is 1. The Morgan fingerprint density at radius 2 is 1.89 bits per heavy atom. The SMILES string of the molecule is CCCNCc1cc(S(=O)(=O)N(CC)CC)c(C)s1. The van der Waals surface area contributed by atoms with Gasteiger partial charge in [0, 0.05) is 29.4 Å². The molecule has 0 aliphatic carbocycles. The third-order valence-corrected chi connectivity index (χ3v) is 6.33. The molecule has 1 aromatic rings. The summed E-state index contributed by atoms with van der Waals surface area (Å²) in [6.45, 7) is 10.4. The second-order valence-electron chi connectivity index (χ2n) is 4.40. The lowest BCUT2D eigenvalue weighted by atomic mass is 10.4. The lowest BCUT2D eigenvalue weighted by Gasteiger charge is -2.17. The topological polar surface area (TPSA) is 49.4 Å². The Morgan fingerprint density at radius 1 is 1.26 bits per heavy atom. The van der Waals surface area contributed by atoms with Crippen LogP contribution in [-0.4, -0.2) is 32.4 Å². The normalized spacial score (nSPS) is 12.3. The van der Waals surface area contributed by atoms with Gasteiger partial charge in [-0.3, -0.25) is 0 Å². The standard InChI is InChI=1S/C13H24N2O2S2/c1-5-8-14-10-12-9-13(11(4)18-12)19(16,17)15(6-2)7-3/h9,14H,5-8,10H2,1-4H3. The molecule has 0 aromatic carbocycles. The van der Waals surface area contributed by atoms with Gasteiger partial charge in [-0.05, 0) is 26.0 Å². The van der Waals surface area contributed by atoms with Gasteiger partial charge in [0.2, 0.25) is 10.0 Å². The van der Waals surface area contributed by atoms with E-state index in [1.54, 1.807) is 11.3 Å². The van der Waals surface area contributed by atoms with Crippen molar-refractivity contribution in [2.75, 3.05) is 19.6 Å². The molecule has 0 radical (unpaired) electrons. The molecule has 1 rings (SSSR count). The molecule has 0 atom stereocenters. The van der Waals surface area contributed by atoms with Crippen molar-refractivity contribution in [3.63, 3.8) is 0 Å². The summed E-state index contributed by atoms with van der Waals surface area (Å²) in [6.07, 6.45) is 1.08. The first kappa shape index (κ1) is 16.6. The predicted octanol–water partition coefficient (Wildman–Crippen LogP) is 2.59. The van der Waals surface area contributed by atoms with Gasteiger partial charge in [-0.25, -0.2) is 8.42 Å². The van der Waals surface area contributed by atoms with Gasteiger partial charge in [0.15, 0.2) is 0 Å². The Bertz CT molecular complexity index is 491. The number of aryl methyl sites for hydroxylation is 1. The first-order valence-corrected chi connectivity index (χ1v) is 9.03. The fourth-order valence-corrected chi connectivity index (χ4v) is 4.99. The van der Waals surface area contributed by atoms with Crippen molar-refractivity contribution in [3.05, 3.63) is 15.8 Å².